The number of carbonyl (C=O) groups is 1. The number of methoxy groups -OCH3 is 1. The molecule has 3 rings (SSSR count). The van der Waals surface area contributed by atoms with Crippen LogP contribution in [0, 0.1) is 23.7 Å². The lowest BCUT2D eigenvalue weighted by Crippen LogP contribution is -2.61. The van der Waals surface area contributed by atoms with Crippen LogP contribution in [0.2, 0.25) is 0 Å². The molecule has 18 atom stereocenters. The van der Waals surface area contributed by atoms with E-state index in [0.717, 1.165) is 0 Å². The molecule has 15 heteroatoms. The van der Waals surface area contributed by atoms with Crippen molar-refractivity contribution in [2.75, 3.05) is 21.2 Å². The Balaban J connectivity index is 2.21. The molecule has 0 aliphatic carbocycles. The van der Waals surface area contributed by atoms with Crippen LogP contribution in [0.25, 0.3) is 0 Å². The number of aliphatic hydroxyl groups is 5. The molecule has 3 aliphatic heterocycles. The molecule has 0 saturated carbocycles. The Morgan fingerprint density at radius 1 is 0.923 bits per heavy atom. The highest BCUT2D eigenvalue weighted by Crippen LogP contribution is 2.41. The molecule has 0 amide bonds. The van der Waals surface area contributed by atoms with Crippen LogP contribution in [0.4, 0.5) is 0 Å². The summed E-state index contributed by atoms with van der Waals surface area (Å²) in [4.78, 5) is 16.0. The van der Waals surface area contributed by atoms with Crippen LogP contribution in [-0.4, -0.2) is 153 Å². The molecule has 12 unspecified atom stereocenters. The van der Waals surface area contributed by atoms with Gasteiger partial charge in [-0.3, -0.25) is 4.79 Å². The fourth-order valence-corrected chi connectivity index (χ4v) is 8.61. The number of hydrogen-bond donors (Lipinski definition) is 6. The van der Waals surface area contributed by atoms with E-state index in [4.69, 9.17) is 28.4 Å². The molecular formula is C37H68N2O13. The fraction of sp³-hybridized carbons (Fsp3) is 0.946. The number of nitrogens with zero attached hydrogens (tertiary/aromatic N) is 2. The number of esters is 1. The van der Waals surface area contributed by atoms with Crippen LogP contribution >= 0.6 is 0 Å². The third-order valence-corrected chi connectivity index (χ3v) is 12.0. The molecule has 0 aromatic heterocycles. The molecule has 3 heterocycles. The summed E-state index contributed by atoms with van der Waals surface area (Å²) in [6.45, 7) is 16.6. The van der Waals surface area contributed by atoms with Gasteiger partial charge in [0.1, 0.15) is 23.9 Å². The zero-order chi connectivity index (χ0) is 39.7. The summed E-state index contributed by atoms with van der Waals surface area (Å²) in [5.41, 5.74) is -4.68. The zero-order valence-corrected chi connectivity index (χ0v) is 33.4. The Morgan fingerprint density at radius 3 is 2.08 bits per heavy atom. The predicted octanol–water partition coefficient (Wildman–Crippen LogP) is 2.05. The topological polar surface area (TPSA) is 209 Å². The minimum absolute atomic E-state index is 0.0657. The average Bonchev–Trinajstić information content (AvgIpc) is 3.06. The molecule has 304 valence electrons. The highest BCUT2D eigenvalue weighted by molar-refractivity contribution is 5.88. The number of carbonyl (C=O) groups excluding carboxylic acids is 1. The smallest absolute Gasteiger partial charge is 0.311 e. The van der Waals surface area contributed by atoms with Gasteiger partial charge < -0.3 is 64.1 Å². The first kappa shape index (κ1) is 44.9. The third-order valence-electron chi connectivity index (χ3n) is 12.0. The Hall–Kier alpha value is -1.50. The summed E-state index contributed by atoms with van der Waals surface area (Å²) in [6.07, 6.45) is -9.51. The first-order chi connectivity index (χ1) is 24.0. The van der Waals surface area contributed by atoms with Gasteiger partial charge in [0, 0.05) is 37.3 Å². The first-order valence-electron chi connectivity index (χ1n) is 18.7. The van der Waals surface area contributed by atoms with Crippen LogP contribution in [0.5, 0.6) is 0 Å². The van der Waals surface area contributed by atoms with Crippen LogP contribution in [0.1, 0.15) is 94.9 Å². The van der Waals surface area contributed by atoms with Gasteiger partial charge in [-0.2, -0.15) is 0 Å². The maximum Gasteiger partial charge on any atom is 0.311 e. The summed E-state index contributed by atoms with van der Waals surface area (Å²) >= 11 is 0. The van der Waals surface area contributed by atoms with Gasteiger partial charge in [-0.1, -0.05) is 32.9 Å². The molecule has 0 radical (unpaired) electrons. The van der Waals surface area contributed by atoms with E-state index in [0.29, 0.717) is 6.42 Å². The molecule has 3 fully saturated rings. The van der Waals surface area contributed by atoms with Crippen molar-refractivity contribution in [3.8, 4) is 0 Å². The number of rotatable bonds is 7. The molecular weight excluding hydrogens is 680 g/mol. The van der Waals surface area contributed by atoms with Crippen LogP contribution in [0.15, 0.2) is 5.16 Å². The molecule has 52 heavy (non-hydrogen) atoms. The predicted molar refractivity (Wildman–Crippen MR) is 190 cm³/mol. The summed E-state index contributed by atoms with van der Waals surface area (Å²) in [5, 5.41) is 71.8. The quantitative estimate of drug-likeness (QED) is 0.125. The van der Waals surface area contributed by atoms with Gasteiger partial charge in [0.15, 0.2) is 12.6 Å². The van der Waals surface area contributed by atoms with Crippen molar-refractivity contribution in [1.29, 1.82) is 0 Å². The SMILES string of the molecule is CCC1OC(=O)[C@H](C)C(OC2CC(C)(OC)C(O)C(C)O2)C(C)[C@H](OC2OC(C)CC(N(C)C)C2O)[C@@](C)(O)C[C@H](C)/C(=N/O)C(C)[C@@H](O)[C@@]1(C)O. The van der Waals surface area contributed by atoms with E-state index < -0.39 is 102 Å². The van der Waals surface area contributed by atoms with Crippen molar-refractivity contribution < 1.29 is 64.0 Å². The second-order valence-electron chi connectivity index (χ2n) is 16.6. The van der Waals surface area contributed by atoms with Crippen molar-refractivity contribution in [3.05, 3.63) is 0 Å². The minimum atomic E-state index is -1.97. The first-order valence-corrected chi connectivity index (χ1v) is 18.7. The lowest BCUT2D eigenvalue weighted by molar-refractivity contribution is -0.317. The van der Waals surface area contributed by atoms with E-state index in [1.165, 1.54) is 14.0 Å². The summed E-state index contributed by atoms with van der Waals surface area (Å²) in [6, 6.07) is -0.322. The molecule has 3 saturated heterocycles. The lowest BCUT2D eigenvalue weighted by atomic mass is 9.73. The van der Waals surface area contributed by atoms with E-state index in [1.54, 1.807) is 55.4 Å². The number of cyclic esters (lactones) is 1. The van der Waals surface area contributed by atoms with E-state index in [-0.39, 0.29) is 37.1 Å². The maximum absolute atomic E-state index is 14.1. The molecule has 0 aromatic rings. The summed E-state index contributed by atoms with van der Waals surface area (Å²) < 4.78 is 37.2. The van der Waals surface area contributed by atoms with Crippen LogP contribution < -0.4 is 0 Å². The van der Waals surface area contributed by atoms with E-state index >= 15 is 0 Å². The van der Waals surface area contributed by atoms with Crippen LogP contribution in [-0.2, 0) is 33.2 Å². The van der Waals surface area contributed by atoms with Crippen molar-refractivity contribution >= 4 is 11.7 Å². The average molecular weight is 749 g/mol. The van der Waals surface area contributed by atoms with E-state index in [1.807, 2.05) is 25.9 Å². The van der Waals surface area contributed by atoms with Gasteiger partial charge in [0.25, 0.3) is 0 Å². The summed E-state index contributed by atoms with van der Waals surface area (Å²) in [7, 11) is 5.19. The maximum atomic E-state index is 14.1. The number of hydrogen-bond acceptors (Lipinski definition) is 15. The molecule has 0 spiro atoms. The second-order valence-corrected chi connectivity index (χ2v) is 16.6. The molecule has 15 nitrogen and oxygen atoms in total. The third kappa shape index (κ3) is 9.47. The molecule has 6 N–H and O–H groups in total. The molecule has 3 aliphatic rings. The van der Waals surface area contributed by atoms with Crippen LogP contribution in [0.3, 0.4) is 0 Å². The largest absolute Gasteiger partial charge is 0.459 e. The van der Waals surface area contributed by atoms with Crippen molar-refractivity contribution in [2.45, 2.75) is 179 Å². The van der Waals surface area contributed by atoms with Gasteiger partial charge in [-0.25, -0.2) is 0 Å². The normalized spacial score (nSPS) is 49.8. The number of likely N-dealkylation sites (N-methyl/N-ethyl adjacent to an activating group) is 1. The fourth-order valence-electron chi connectivity index (χ4n) is 8.61. The van der Waals surface area contributed by atoms with E-state index in [2.05, 4.69) is 5.16 Å². The minimum Gasteiger partial charge on any atom is -0.459 e. The lowest BCUT2D eigenvalue weighted by Gasteiger charge is -2.49. The summed E-state index contributed by atoms with van der Waals surface area (Å²) in [5.74, 6) is -4.24. The Labute approximate surface area is 309 Å². The standard InChI is InChI=1S/C37H68N2O13/c1-14-25-37(10,45)30(41)20(4)27(38-46)18(2)16-35(8,44)32(52-34-28(40)24(39(11)12)15-19(3)48-34)21(5)29(22(6)33(43)50-25)51-26-17-36(9,47-13)31(42)23(7)49-26/h18-26,28-32,34,40-42,44-46H,14-17H2,1-13H3/b38-27-/t18-,19?,20?,21?,22+,23?,24?,25?,26?,28?,29?,30+,31?,32-,34?,35-,36?,37-/m0/s1. The molecule has 0 aromatic carbocycles. The Bertz CT molecular complexity index is 1200. The number of ether oxygens (including phenoxy) is 6. The van der Waals surface area contributed by atoms with Gasteiger partial charge >= 0.3 is 5.97 Å². The van der Waals surface area contributed by atoms with Crippen molar-refractivity contribution in [3.63, 3.8) is 0 Å². The van der Waals surface area contributed by atoms with Gasteiger partial charge in [-0.05, 0) is 74.9 Å². The van der Waals surface area contributed by atoms with Gasteiger partial charge in [0.2, 0.25) is 0 Å². The van der Waals surface area contributed by atoms with Crippen molar-refractivity contribution in [1.82, 2.24) is 4.90 Å². The molecule has 0 bridgehead atoms. The highest BCUT2D eigenvalue weighted by atomic mass is 16.7. The Morgan fingerprint density at radius 2 is 1.54 bits per heavy atom. The van der Waals surface area contributed by atoms with Crippen molar-refractivity contribution in [2.24, 2.45) is 28.8 Å². The monoisotopic (exact) mass is 748 g/mol. The number of oxime groups is 1. The Kier molecular flexibility index (Phi) is 15.1. The number of aliphatic hydroxyl groups excluding tert-OH is 3. The van der Waals surface area contributed by atoms with E-state index in [9.17, 15) is 35.5 Å². The zero-order valence-electron chi connectivity index (χ0n) is 33.4. The second kappa shape index (κ2) is 17.5. The van der Waals surface area contributed by atoms with Gasteiger partial charge in [-0.15, -0.1) is 0 Å². The van der Waals surface area contributed by atoms with Gasteiger partial charge in [0.05, 0.1) is 53.4 Å². The highest BCUT2D eigenvalue weighted by Gasteiger charge is 2.53.